The second kappa shape index (κ2) is 10.0. The third-order valence-corrected chi connectivity index (χ3v) is 6.83. The van der Waals surface area contributed by atoms with Gasteiger partial charge in [0.15, 0.2) is 0 Å². The molecule has 2 heteroatoms. The Morgan fingerprint density at radius 1 is 0.676 bits per heavy atom. The van der Waals surface area contributed by atoms with Crippen molar-refractivity contribution in [1.29, 1.82) is 0 Å². The standard InChI is InChI=1S/C35H26N2/c1-2-34(28-18-16-27(17-19-28)33-24-36-23-29-13-7-9-15-31(29)33)37-35-21-20-26-12-6-8-14-30(26)32(35)22-25-10-4-3-5-11-25/h2-21,23-24H,1,22H2. The van der Waals surface area contributed by atoms with Crippen molar-refractivity contribution in [1.82, 2.24) is 4.98 Å². The van der Waals surface area contributed by atoms with Crippen LogP contribution in [0.25, 0.3) is 32.7 Å². The van der Waals surface area contributed by atoms with Gasteiger partial charge in [-0.15, -0.1) is 0 Å². The van der Waals surface area contributed by atoms with E-state index in [4.69, 9.17) is 4.99 Å². The molecule has 0 unspecified atom stereocenters. The second-order valence-corrected chi connectivity index (χ2v) is 9.13. The van der Waals surface area contributed by atoms with Crippen molar-refractivity contribution in [2.24, 2.45) is 4.99 Å². The highest BCUT2D eigenvalue weighted by molar-refractivity contribution is 6.10. The number of rotatable bonds is 6. The molecule has 0 radical (unpaired) electrons. The molecule has 0 aliphatic rings. The van der Waals surface area contributed by atoms with Gasteiger partial charge in [0.2, 0.25) is 0 Å². The first kappa shape index (κ1) is 22.6. The molecule has 1 heterocycles. The molecule has 176 valence electrons. The fourth-order valence-electron chi connectivity index (χ4n) is 4.94. The van der Waals surface area contributed by atoms with Gasteiger partial charge in [0.05, 0.1) is 11.4 Å². The number of aromatic nitrogens is 1. The minimum Gasteiger partial charge on any atom is -0.263 e. The first-order valence-electron chi connectivity index (χ1n) is 12.5. The van der Waals surface area contributed by atoms with Crippen LogP contribution in [0.5, 0.6) is 0 Å². The number of nitrogens with zero attached hydrogens (tertiary/aromatic N) is 2. The second-order valence-electron chi connectivity index (χ2n) is 9.13. The average molecular weight is 475 g/mol. The molecule has 0 aliphatic heterocycles. The van der Waals surface area contributed by atoms with Gasteiger partial charge >= 0.3 is 0 Å². The van der Waals surface area contributed by atoms with Gasteiger partial charge in [-0.1, -0.05) is 116 Å². The number of fused-ring (bicyclic) bond motifs is 2. The Morgan fingerprint density at radius 3 is 2.16 bits per heavy atom. The zero-order valence-corrected chi connectivity index (χ0v) is 20.5. The van der Waals surface area contributed by atoms with Gasteiger partial charge in [-0.25, -0.2) is 4.99 Å². The largest absolute Gasteiger partial charge is 0.263 e. The summed E-state index contributed by atoms with van der Waals surface area (Å²) in [6, 6.07) is 40.3. The smallest absolute Gasteiger partial charge is 0.0703 e. The van der Waals surface area contributed by atoms with Gasteiger partial charge in [0.1, 0.15) is 0 Å². The van der Waals surface area contributed by atoms with Crippen molar-refractivity contribution in [2.75, 3.05) is 0 Å². The summed E-state index contributed by atoms with van der Waals surface area (Å²) in [7, 11) is 0. The average Bonchev–Trinajstić information content (AvgIpc) is 2.97. The highest BCUT2D eigenvalue weighted by atomic mass is 14.7. The van der Waals surface area contributed by atoms with E-state index >= 15 is 0 Å². The Bertz CT molecular complexity index is 1740. The Labute approximate surface area is 217 Å². The van der Waals surface area contributed by atoms with E-state index < -0.39 is 0 Å². The Kier molecular flexibility index (Phi) is 6.14. The molecule has 0 atom stereocenters. The van der Waals surface area contributed by atoms with Crippen LogP contribution in [0.1, 0.15) is 16.7 Å². The molecule has 0 bridgehead atoms. The molecule has 5 aromatic carbocycles. The minimum absolute atomic E-state index is 0.818. The predicted molar refractivity (Wildman–Crippen MR) is 157 cm³/mol. The summed E-state index contributed by atoms with van der Waals surface area (Å²) in [6.07, 6.45) is 6.51. The topological polar surface area (TPSA) is 25.2 Å². The lowest BCUT2D eigenvalue weighted by molar-refractivity contribution is 1.20. The van der Waals surface area contributed by atoms with Crippen molar-refractivity contribution < 1.29 is 0 Å². The van der Waals surface area contributed by atoms with Crippen LogP contribution < -0.4 is 0 Å². The quantitative estimate of drug-likeness (QED) is 0.221. The van der Waals surface area contributed by atoms with Gasteiger partial charge in [0, 0.05) is 35.3 Å². The maximum absolute atomic E-state index is 5.13. The van der Waals surface area contributed by atoms with Crippen LogP contribution in [0.3, 0.4) is 0 Å². The Balaban J connectivity index is 1.41. The Morgan fingerprint density at radius 2 is 1.38 bits per heavy atom. The molecule has 0 N–H and O–H groups in total. The van der Waals surface area contributed by atoms with Crippen molar-refractivity contribution >= 4 is 32.9 Å². The van der Waals surface area contributed by atoms with E-state index in [9.17, 15) is 0 Å². The minimum atomic E-state index is 0.818. The normalized spacial score (nSPS) is 11.6. The van der Waals surface area contributed by atoms with E-state index in [1.54, 1.807) is 0 Å². The fraction of sp³-hybridized carbons (Fsp3) is 0.0286. The van der Waals surface area contributed by atoms with Gasteiger partial charge in [-0.2, -0.15) is 0 Å². The highest BCUT2D eigenvalue weighted by Crippen LogP contribution is 2.32. The molecular formula is C35H26N2. The third kappa shape index (κ3) is 4.57. The molecule has 1 aromatic heterocycles. The zero-order valence-electron chi connectivity index (χ0n) is 20.5. The van der Waals surface area contributed by atoms with Crippen molar-refractivity contribution in [3.05, 3.63) is 157 Å². The molecule has 37 heavy (non-hydrogen) atoms. The lowest BCUT2D eigenvalue weighted by Crippen LogP contribution is -1.98. The predicted octanol–water partition coefficient (Wildman–Crippen LogP) is 8.95. The molecule has 6 rings (SSSR count). The number of allylic oxidation sites excluding steroid dienone is 1. The van der Waals surface area contributed by atoms with E-state index in [0.717, 1.165) is 39.9 Å². The summed E-state index contributed by atoms with van der Waals surface area (Å²) < 4.78 is 0. The third-order valence-electron chi connectivity index (χ3n) is 6.83. The Hall–Kier alpha value is -4.82. The first-order valence-corrected chi connectivity index (χ1v) is 12.5. The molecule has 0 saturated carbocycles. The van der Waals surface area contributed by atoms with Crippen LogP contribution in [0.2, 0.25) is 0 Å². The van der Waals surface area contributed by atoms with Gasteiger partial charge in [-0.05, 0) is 45.0 Å². The summed E-state index contributed by atoms with van der Waals surface area (Å²) in [5.74, 6) is 0. The van der Waals surface area contributed by atoms with Crippen LogP contribution in [0.15, 0.2) is 145 Å². The number of hydrogen-bond donors (Lipinski definition) is 0. The fourth-order valence-corrected chi connectivity index (χ4v) is 4.94. The molecule has 0 fully saturated rings. The van der Waals surface area contributed by atoms with Gasteiger partial charge in [0.25, 0.3) is 0 Å². The number of pyridine rings is 1. The molecule has 2 nitrogen and oxygen atoms in total. The van der Waals surface area contributed by atoms with Crippen molar-refractivity contribution in [3.63, 3.8) is 0 Å². The van der Waals surface area contributed by atoms with Crippen LogP contribution in [-0.4, -0.2) is 10.7 Å². The van der Waals surface area contributed by atoms with E-state index in [2.05, 4.69) is 121 Å². The lowest BCUT2D eigenvalue weighted by atomic mass is 9.96. The van der Waals surface area contributed by atoms with Crippen molar-refractivity contribution in [2.45, 2.75) is 6.42 Å². The van der Waals surface area contributed by atoms with Crippen LogP contribution >= 0.6 is 0 Å². The SMILES string of the molecule is C=CC(=Nc1ccc2ccccc2c1Cc1ccccc1)c1ccc(-c2cncc3ccccc23)cc1. The first-order chi connectivity index (χ1) is 18.3. The monoisotopic (exact) mass is 474 g/mol. The molecule has 0 aliphatic carbocycles. The van der Waals surface area contributed by atoms with E-state index in [1.807, 2.05) is 24.5 Å². The highest BCUT2D eigenvalue weighted by Gasteiger charge is 2.11. The van der Waals surface area contributed by atoms with E-state index in [-0.39, 0.29) is 0 Å². The van der Waals surface area contributed by atoms with Crippen LogP contribution in [0, 0.1) is 0 Å². The van der Waals surface area contributed by atoms with Gasteiger partial charge in [-0.3, -0.25) is 4.98 Å². The maximum Gasteiger partial charge on any atom is 0.0703 e. The molecule has 0 amide bonds. The van der Waals surface area contributed by atoms with Crippen LogP contribution in [-0.2, 0) is 6.42 Å². The van der Waals surface area contributed by atoms with E-state index in [0.29, 0.717) is 0 Å². The molecule has 0 saturated heterocycles. The van der Waals surface area contributed by atoms with E-state index in [1.165, 1.54) is 27.3 Å². The summed E-state index contributed by atoms with van der Waals surface area (Å²) in [5.41, 5.74) is 7.61. The lowest BCUT2D eigenvalue weighted by Gasteiger charge is -2.12. The number of benzene rings is 5. The van der Waals surface area contributed by atoms with Crippen molar-refractivity contribution in [3.8, 4) is 11.1 Å². The summed E-state index contributed by atoms with van der Waals surface area (Å²) in [4.78, 5) is 9.58. The zero-order chi connectivity index (χ0) is 25.0. The van der Waals surface area contributed by atoms with Crippen LogP contribution in [0.4, 0.5) is 5.69 Å². The summed E-state index contributed by atoms with van der Waals surface area (Å²) in [6.45, 7) is 4.09. The molecule has 6 aromatic rings. The van der Waals surface area contributed by atoms with Gasteiger partial charge < -0.3 is 0 Å². The summed E-state index contributed by atoms with van der Waals surface area (Å²) >= 11 is 0. The molecule has 0 spiro atoms. The number of aliphatic imine (C=N–C) groups is 1. The summed E-state index contributed by atoms with van der Waals surface area (Å²) in [5, 5.41) is 4.79. The number of hydrogen-bond acceptors (Lipinski definition) is 2. The molecular weight excluding hydrogens is 448 g/mol. The maximum atomic E-state index is 5.13.